The molecular weight excluding hydrogens is 196 g/mol. The van der Waals surface area contributed by atoms with Crippen molar-refractivity contribution < 1.29 is 14.7 Å². The van der Waals surface area contributed by atoms with Gasteiger partial charge in [-0.3, -0.25) is 14.5 Å². The van der Waals surface area contributed by atoms with Crippen LogP contribution in [0.4, 0.5) is 0 Å². The van der Waals surface area contributed by atoms with Crippen molar-refractivity contribution in [2.45, 2.75) is 13.3 Å². The van der Waals surface area contributed by atoms with E-state index in [2.05, 4.69) is 9.80 Å². The third kappa shape index (κ3) is 4.90. The molecule has 5 nitrogen and oxygen atoms in total. The van der Waals surface area contributed by atoms with Gasteiger partial charge in [0.2, 0.25) is 0 Å². The van der Waals surface area contributed by atoms with Crippen molar-refractivity contribution in [2.75, 3.05) is 39.3 Å². The summed E-state index contributed by atoms with van der Waals surface area (Å²) < 4.78 is 0. The van der Waals surface area contributed by atoms with Crippen LogP contribution in [0.3, 0.4) is 0 Å². The SMILES string of the molecule is CC(=O)CN1CCN(CCC(=O)O)CC1. The topological polar surface area (TPSA) is 60.9 Å². The first-order valence-electron chi connectivity index (χ1n) is 5.24. The van der Waals surface area contributed by atoms with Gasteiger partial charge in [0, 0.05) is 32.7 Å². The smallest absolute Gasteiger partial charge is 0.304 e. The van der Waals surface area contributed by atoms with Crippen LogP contribution in [-0.4, -0.2) is 65.9 Å². The summed E-state index contributed by atoms with van der Waals surface area (Å²) in [6, 6.07) is 0. The van der Waals surface area contributed by atoms with E-state index in [4.69, 9.17) is 5.11 Å². The molecule has 0 bridgehead atoms. The normalized spacial score (nSPS) is 19.0. The predicted octanol–water partition coefficient (Wildman–Crippen LogP) is -0.332. The molecule has 1 heterocycles. The molecule has 0 aliphatic carbocycles. The van der Waals surface area contributed by atoms with Gasteiger partial charge in [-0.05, 0) is 6.92 Å². The third-order valence-electron chi connectivity index (χ3n) is 2.55. The number of rotatable bonds is 5. The van der Waals surface area contributed by atoms with Gasteiger partial charge in [-0.25, -0.2) is 0 Å². The Kier molecular flexibility index (Phi) is 4.71. The average Bonchev–Trinajstić information content (AvgIpc) is 2.16. The van der Waals surface area contributed by atoms with Crippen LogP contribution >= 0.6 is 0 Å². The molecule has 0 saturated carbocycles. The van der Waals surface area contributed by atoms with E-state index in [1.54, 1.807) is 6.92 Å². The molecule has 0 spiro atoms. The number of carboxylic acid groups (broad SMARTS) is 1. The molecule has 0 aromatic heterocycles. The summed E-state index contributed by atoms with van der Waals surface area (Å²) in [5, 5.41) is 8.53. The van der Waals surface area contributed by atoms with Gasteiger partial charge in [-0.1, -0.05) is 0 Å². The van der Waals surface area contributed by atoms with Crippen molar-refractivity contribution in [2.24, 2.45) is 0 Å². The van der Waals surface area contributed by atoms with Gasteiger partial charge in [0.15, 0.2) is 0 Å². The van der Waals surface area contributed by atoms with Crippen molar-refractivity contribution in [3.63, 3.8) is 0 Å². The summed E-state index contributed by atoms with van der Waals surface area (Å²) in [7, 11) is 0. The highest BCUT2D eigenvalue weighted by atomic mass is 16.4. The number of piperazine rings is 1. The van der Waals surface area contributed by atoms with E-state index in [0.29, 0.717) is 13.1 Å². The van der Waals surface area contributed by atoms with Gasteiger partial charge < -0.3 is 10.0 Å². The molecule has 1 saturated heterocycles. The summed E-state index contributed by atoms with van der Waals surface area (Å²) in [6.45, 7) is 6.17. The molecule has 0 atom stereocenters. The summed E-state index contributed by atoms with van der Waals surface area (Å²) in [5.74, 6) is -0.560. The predicted molar refractivity (Wildman–Crippen MR) is 55.8 cm³/mol. The van der Waals surface area contributed by atoms with Crippen LogP contribution in [0.15, 0.2) is 0 Å². The van der Waals surface area contributed by atoms with Crippen LogP contribution in [0.1, 0.15) is 13.3 Å². The minimum atomic E-state index is -0.749. The lowest BCUT2D eigenvalue weighted by Gasteiger charge is -2.33. The minimum absolute atomic E-state index is 0.189. The zero-order chi connectivity index (χ0) is 11.3. The van der Waals surface area contributed by atoms with Crippen molar-refractivity contribution in [1.82, 2.24) is 9.80 Å². The molecule has 1 rings (SSSR count). The van der Waals surface area contributed by atoms with E-state index >= 15 is 0 Å². The largest absolute Gasteiger partial charge is 0.481 e. The number of carbonyl (C=O) groups is 2. The molecule has 1 N–H and O–H groups in total. The lowest BCUT2D eigenvalue weighted by Crippen LogP contribution is -2.48. The highest BCUT2D eigenvalue weighted by molar-refractivity contribution is 5.77. The number of ketones is 1. The van der Waals surface area contributed by atoms with Crippen LogP contribution in [0.25, 0.3) is 0 Å². The van der Waals surface area contributed by atoms with E-state index in [1.165, 1.54) is 0 Å². The third-order valence-corrected chi connectivity index (χ3v) is 2.55. The lowest BCUT2D eigenvalue weighted by atomic mass is 10.2. The first-order valence-corrected chi connectivity index (χ1v) is 5.24. The fraction of sp³-hybridized carbons (Fsp3) is 0.800. The maximum Gasteiger partial charge on any atom is 0.304 e. The Hall–Kier alpha value is -0.940. The maximum atomic E-state index is 10.9. The molecule has 0 amide bonds. The van der Waals surface area contributed by atoms with Crippen molar-refractivity contribution in [3.8, 4) is 0 Å². The Balaban J connectivity index is 2.18. The summed E-state index contributed by atoms with van der Waals surface area (Å²) in [4.78, 5) is 25.5. The second-order valence-electron chi connectivity index (χ2n) is 3.96. The van der Waals surface area contributed by atoms with E-state index in [9.17, 15) is 9.59 Å². The van der Waals surface area contributed by atoms with Gasteiger partial charge in [0.25, 0.3) is 0 Å². The van der Waals surface area contributed by atoms with Crippen molar-refractivity contribution >= 4 is 11.8 Å². The Morgan fingerprint density at radius 3 is 2.13 bits per heavy atom. The first-order chi connectivity index (χ1) is 7.08. The van der Waals surface area contributed by atoms with Crippen molar-refractivity contribution in [1.29, 1.82) is 0 Å². The Morgan fingerprint density at radius 1 is 1.13 bits per heavy atom. The number of nitrogens with zero attached hydrogens (tertiary/aromatic N) is 2. The standard InChI is InChI=1S/C10H18N2O3/c1-9(13)8-12-6-4-11(5-7-12)3-2-10(14)15/h2-8H2,1H3,(H,14,15). The molecule has 86 valence electrons. The monoisotopic (exact) mass is 214 g/mol. The Bertz CT molecular complexity index is 235. The molecule has 0 aromatic carbocycles. The number of hydrogen-bond acceptors (Lipinski definition) is 4. The highest BCUT2D eigenvalue weighted by Gasteiger charge is 2.17. The number of carbonyl (C=O) groups excluding carboxylic acids is 1. The number of aliphatic carboxylic acids is 1. The summed E-state index contributed by atoms with van der Waals surface area (Å²) in [6.07, 6.45) is 0.201. The molecule has 5 heteroatoms. The van der Waals surface area contributed by atoms with Crippen LogP contribution in [0, 0.1) is 0 Å². The van der Waals surface area contributed by atoms with Crippen molar-refractivity contribution in [3.05, 3.63) is 0 Å². The Labute approximate surface area is 89.7 Å². The summed E-state index contributed by atoms with van der Waals surface area (Å²) >= 11 is 0. The number of carboxylic acids is 1. The average molecular weight is 214 g/mol. The van der Waals surface area contributed by atoms with Crippen LogP contribution in [-0.2, 0) is 9.59 Å². The molecule has 1 aliphatic heterocycles. The number of Topliss-reactive ketones (excluding diaryl/α,β-unsaturated/α-hetero) is 1. The van der Waals surface area contributed by atoms with Gasteiger partial charge in [-0.2, -0.15) is 0 Å². The van der Waals surface area contributed by atoms with Gasteiger partial charge in [-0.15, -0.1) is 0 Å². The molecule has 15 heavy (non-hydrogen) atoms. The lowest BCUT2D eigenvalue weighted by molar-refractivity contribution is -0.137. The molecule has 0 aromatic rings. The molecular formula is C10H18N2O3. The number of hydrogen-bond donors (Lipinski definition) is 1. The second kappa shape index (κ2) is 5.82. The van der Waals surface area contributed by atoms with Gasteiger partial charge in [0.05, 0.1) is 13.0 Å². The fourth-order valence-electron chi connectivity index (χ4n) is 1.74. The van der Waals surface area contributed by atoms with Gasteiger partial charge in [0.1, 0.15) is 5.78 Å². The first kappa shape index (κ1) is 12.1. The van der Waals surface area contributed by atoms with Crippen LogP contribution < -0.4 is 0 Å². The van der Waals surface area contributed by atoms with E-state index in [-0.39, 0.29) is 12.2 Å². The van der Waals surface area contributed by atoms with E-state index in [1.807, 2.05) is 0 Å². The van der Waals surface area contributed by atoms with Crippen LogP contribution in [0.5, 0.6) is 0 Å². The zero-order valence-corrected chi connectivity index (χ0v) is 9.11. The molecule has 0 unspecified atom stereocenters. The van der Waals surface area contributed by atoms with E-state index < -0.39 is 5.97 Å². The van der Waals surface area contributed by atoms with Gasteiger partial charge >= 0.3 is 5.97 Å². The fourth-order valence-corrected chi connectivity index (χ4v) is 1.74. The molecule has 0 radical (unpaired) electrons. The highest BCUT2D eigenvalue weighted by Crippen LogP contribution is 2.02. The summed E-state index contributed by atoms with van der Waals surface area (Å²) in [5.41, 5.74) is 0. The molecule has 1 fully saturated rings. The minimum Gasteiger partial charge on any atom is -0.481 e. The molecule has 1 aliphatic rings. The quantitative estimate of drug-likeness (QED) is 0.679. The van der Waals surface area contributed by atoms with E-state index in [0.717, 1.165) is 26.2 Å². The maximum absolute atomic E-state index is 10.9. The Morgan fingerprint density at radius 2 is 1.67 bits per heavy atom. The van der Waals surface area contributed by atoms with Crippen LogP contribution in [0.2, 0.25) is 0 Å². The zero-order valence-electron chi connectivity index (χ0n) is 9.11. The second-order valence-corrected chi connectivity index (χ2v) is 3.96.